The Hall–Kier alpha value is -1.32. The molecule has 1 heterocycles. The largest absolute Gasteiger partial charge is 0.573 e. The fraction of sp³-hybridized carbons (Fsp3) is 0.400. The highest BCUT2D eigenvalue weighted by Crippen LogP contribution is 2.32. The van der Waals surface area contributed by atoms with Gasteiger partial charge < -0.3 is 9.84 Å². The van der Waals surface area contributed by atoms with Crippen LogP contribution in [-0.4, -0.2) is 43.4 Å². The lowest BCUT2D eigenvalue weighted by Gasteiger charge is -2.34. The van der Waals surface area contributed by atoms with Crippen molar-refractivity contribution in [1.82, 2.24) is 4.31 Å². The summed E-state index contributed by atoms with van der Waals surface area (Å²) in [4.78, 5) is -0.570. The second-order valence-corrected chi connectivity index (χ2v) is 5.88. The predicted octanol–water partition coefficient (Wildman–Crippen LogP) is 0.950. The molecule has 0 saturated carbocycles. The number of para-hydroxylation sites is 1. The van der Waals surface area contributed by atoms with Crippen LogP contribution < -0.4 is 4.74 Å². The Bertz CT molecular complexity index is 566. The van der Waals surface area contributed by atoms with Gasteiger partial charge in [-0.3, -0.25) is 0 Å². The topological polar surface area (TPSA) is 66.8 Å². The van der Waals surface area contributed by atoms with Gasteiger partial charge in [0.1, 0.15) is 10.6 Å². The zero-order valence-corrected chi connectivity index (χ0v) is 10.3. The first-order chi connectivity index (χ1) is 8.70. The molecule has 5 nitrogen and oxygen atoms in total. The Labute approximate surface area is 107 Å². The number of aliphatic hydroxyl groups is 1. The average Bonchev–Trinajstić information content (AvgIpc) is 2.23. The number of aliphatic hydroxyl groups excluding tert-OH is 1. The van der Waals surface area contributed by atoms with E-state index in [1.165, 1.54) is 12.1 Å². The SMILES string of the molecule is O=S(=O)(c1ccccc1OC(F)(F)F)N1CC(O)C1. The van der Waals surface area contributed by atoms with Crippen LogP contribution in [0.25, 0.3) is 0 Å². The number of ether oxygens (including phenoxy) is 1. The molecule has 0 radical (unpaired) electrons. The second kappa shape index (κ2) is 4.66. The first kappa shape index (κ1) is 14.1. The molecule has 0 aromatic heterocycles. The van der Waals surface area contributed by atoms with E-state index in [0.29, 0.717) is 0 Å². The molecular formula is C10H10F3NO4S. The van der Waals surface area contributed by atoms with E-state index in [-0.39, 0.29) is 13.1 Å². The van der Waals surface area contributed by atoms with Crippen LogP contribution in [0.1, 0.15) is 0 Å². The fourth-order valence-electron chi connectivity index (χ4n) is 1.62. The summed E-state index contributed by atoms with van der Waals surface area (Å²) >= 11 is 0. The van der Waals surface area contributed by atoms with Crippen molar-refractivity contribution in [2.45, 2.75) is 17.4 Å². The first-order valence-electron chi connectivity index (χ1n) is 5.23. The molecule has 1 aromatic carbocycles. The van der Waals surface area contributed by atoms with Gasteiger partial charge in [0.2, 0.25) is 10.0 Å². The van der Waals surface area contributed by atoms with Gasteiger partial charge >= 0.3 is 6.36 Å². The summed E-state index contributed by atoms with van der Waals surface area (Å²) in [6.45, 7) is -0.272. The molecule has 9 heteroatoms. The van der Waals surface area contributed by atoms with Crippen LogP contribution in [0.3, 0.4) is 0 Å². The number of β-amino-alcohol motifs (C(OH)–C–C–N with tert-alkyl or cyclic N) is 1. The van der Waals surface area contributed by atoms with E-state index in [9.17, 15) is 21.6 Å². The van der Waals surface area contributed by atoms with Gasteiger partial charge in [-0.15, -0.1) is 13.2 Å². The van der Waals surface area contributed by atoms with Crippen LogP contribution in [0.15, 0.2) is 29.2 Å². The van der Waals surface area contributed by atoms with Crippen molar-refractivity contribution in [3.05, 3.63) is 24.3 Å². The number of rotatable bonds is 3. The van der Waals surface area contributed by atoms with E-state index < -0.39 is 33.1 Å². The predicted molar refractivity (Wildman–Crippen MR) is 57.9 cm³/mol. The molecule has 1 fully saturated rings. The molecule has 106 valence electrons. The van der Waals surface area contributed by atoms with Gasteiger partial charge in [-0.05, 0) is 12.1 Å². The molecule has 1 aromatic rings. The van der Waals surface area contributed by atoms with Gasteiger partial charge in [-0.25, -0.2) is 8.42 Å². The monoisotopic (exact) mass is 297 g/mol. The summed E-state index contributed by atoms with van der Waals surface area (Å²) in [5.41, 5.74) is 0. The van der Waals surface area contributed by atoms with Crippen LogP contribution in [-0.2, 0) is 10.0 Å². The minimum absolute atomic E-state index is 0.136. The molecule has 0 unspecified atom stereocenters. The van der Waals surface area contributed by atoms with Gasteiger partial charge in [-0.1, -0.05) is 12.1 Å². The number of hydrogen-bond acceptors (Lipinski definition) is 4. The van der Waals surface area contributed by atoms with Crippen LogP contribution in [0.4, 0.5) is 13.2 Å². The van der Waals surface area contributed by atoms with Gasteiger partial charge in [-0.2, -0.15) is 4.31 Å². The molecule has 1 N–H and O–H groups in total. The van der Waals surface area contributed by atoms with Crippen molar-refractivity contribution < 1.29 is 31.4 Å². The number of sulfonamides is 1. The van der Waals surface area contributed by atoms with Crippen LogP contribution in [0.2, 0.25) is 0 Å². The Morgan fingerprint density at radius 2 is 1.84 bits per heavy atom. The summed E-state index contributed by atoms with van der Waals surface area (Å²) in [7, 11) is -4.09. The molecule has 0 amide bonds. The standard InChI is InChI=1S/C10H10F3NO4S/c11-10(12,13)18-8-3-1-2-4-9(8)19(16,17)14-5-7(15)6-14/h1-4,7,15H,5-6H2. The number of hydrogen-bond donors (Lipinski definition) is 1. The lowest BCUT2D eigenvalue weighted by atomic mass is 10.2. The summed E-state index contributed by atoms with van der Waals surface area (Å²) in [5, 5.41) is 9.07. The van der Waals surface area contributed by atoms with E-state index in [2.05, 4.69) is 4.74 Å². The maximum absolute atomic E-state index is 12.2. The zero-order valence-electron chi connectivity index (χ0n) is 9.46. The lowest BCUT2D eigenvalue weighted by Crippen LogP contribution is -2.53. The summed E-state index contributed by atoms with van der Waals surface area (Å²) in [6.07, 6.45) is -5.76. The molecule has 0 aliphatic carbocycles. The molecule has 2 rings (SSSR count). The van der Waals surface area contributed by atoms with Crippen molar-refractivity contribution in [3.63, 3.8) is 0 Å². The third kappa shape index (κ3) is 2.99. The van der Waals surface area contributed by atoms with Crippen molar-refractivity contribution in [2.24, 2.45) is 0 Å². The van der Waals surface area contributed by atoms with Crippen LogP contribution in [0.5, 0.6) is 5.75 Å². The maximum Gasteiger partial charge on any atom is 0.573 e. The van der Waals surface area contributed by atoms with Gasteiger partial charge in [0.15, 0.2) is 0 Å². The number of halogens is 3. The number of nitrogens with zero attached hydrogens (tertiary/aromatic N) is 1. The van der Waals surface area contributed by atoms with E-state index in [4.69, 9.17) is 5.11 Å². The first-order valence-corrected chi connectivity index (χ1v) is 6.67. The molecule has 1 aliphatic rings. The molecule has 0 spiro atoms. The smallest absolute Gasteiger partial charge is 0.404 e. The van der Waals surface area contributed by atoms with Crippen molar-refractivity contribution in [1.29, 1.82) is 0 Å². The number of benzene rings is 1. The van der Waals surface area contributed by atoms with Gasteiger partial charge in [0, 0.05) is 13.1 Å². The van der Waals surface area contributed by atoms with Crippen molar-refractivity contribution >= 4 is 10.0 Å². The van der Waals surface area contributed by atoms with E-state index >= 15 is 0 Å². The van der Waals surface area contributed by atoms with Crippen LogP contribution >= 0.6 is 0 Å². The minimum Gasteiger partial charge on any atom is -0.404 e. The molecule has 0 atom stereocenters. The van der Waals surface area contributed by atoms with E-state index in [1.807, 2.05) is 0 Å². The number of alkyl halides is 3. The van der Waals surface area contributed by atoms with E-state index in [1.54, 1.807) is 0 Å². The molecule has 1 saturated heterocycles. The third-order valence-electron chi connectivity index (χ3n) is 2.52. The normalized spacial score (nSPS) is 18.1. The summed E-state index contributed by atoms with van der Waals surface area (Å²) in [6, 6.07) is 4.50. The molecular weight excluding hydrogens is 287 g/mol. The van der Waals surface area contributed by atoms with Crippen LogP contribution in [0, 0.1) is 0 Å². The molecule has 19 heavy (non-hydrogen) atoms. The van der Waals surface area contributed by atoms with E-state index in [0.717, 1.165) is 16.4 Å². The lowest BCUT2D eigenvalue weighted by molar-refractivity contribution is -0.275. The Morgan fingerprint density at radius 1 is 1.26 bits per heavy atom. The summed E-state index contributed by atoms with van der Waals surface area (Å²) < 4.78 is 65.2. The van der Waals surface area contributed by atoms with Gasteiger partial charge in [0.05, 0.1) is 6.10 Å². The van der Waals surface area contributed by atoms with Crippen molar-refractivity contribution in [3.8, 4) is 5.75 Å². The highest BCUT2D eigenvalue weighted by atomic mass is 32.2. The Morgan fingerprint density at radius 3 is 2.37 bits per heavy atom. The molecule has 0 bridgehead atoms. The molecule has 1 aliphatic heterocycles. The summed E-state index contributed by atoms with van der Waals surface area (Å²) in [5.74, 6) is -0.781. The van der Waals surface area contributed by atoms with Gasteiger partial charge in [0.25, 0.3) is 0 Å². The zero-order chi connectivity index (χ0) is 14.3. The Kier molecular flexibility index (Phi) is 3.45. The highest BCUT2D eigenvalue weighted by molar-refractivity contribution is 7.89. The van der Waals surface area contributed by atoms with Crippen molar-refractivity contribution in [2.75, 3.05) is 13.1 Å². The minimum atomic E-state index is -4.97. The third-order valence-corrected chi connectivity index (χ3v) is 4.39. The average molecular weight is 297 g/mol. The quantitative estimate of drug-likeness (QED) is 0.902. The Balaban J connectivity index is 2.34. The maximum atomic E-state index is 12.2. The fourth-order valence-corrected chi connectivity index (χ4v) is 3.25. The highest BCUT2D eigenvalue weighted by Gasteiger charge is 2.39. The second-order valence-electron chi connectivity index (χ2n) is 3.97.